The van der Waals surface area contributed by atoms with Crippen LogP contribution in [0.25, 0.3) is 0 Å². The van der Waals surface area contributed by atoms with Crippen molar-refractivity contribution in [1.82, 2.24) is 0 Å². The van der Waals surface area contributed by atoms with Crippen LogP contribution in [0.3, 0.4) is 0 Å². The van der Waals surface area contributed by atoms with Crippen molar-refractivity contribution >= 4 is 0 Å². The molecule has 2 aromatic carbocycles. The lowest BCUT2D eigenvalue weighted by atomic mass is 9.77. The minimum Gasteiger partial charge on any atom is -0.0654 e. The molecule has 0 heteroatoms. The summed E-state index contributed by atoms with van der Waals surface area (Å²) in [6.07, 6.45) is 19.9. The number of rotatable bonds is 16. The van der Waals surface area contributed by atoms with E-state index in [-0.39, 0.29) is 10.8 Å². The quantitative estimate of drug-likeness (QED) is 0.199. The molecule has 0 saturated carbocycles. The Balaban J connectivity index is 2.16. The van der Waals surface area contributed by atoms with Crippen molar-refractivity contribution in [3.8, 4) is 0 Å². The molecule has 0 unspecified atom stereocenters. The zero-order valence-electron chi connectivity index (χ0n) is 26.1. The van der Waals surface area contributed by atoms with Crippen LogP contribution in [-0.2, 0) is 30.1 Å². The monoisotopic (exact) mass is 504 g/mol. The molecule has 0 radical (unpaired) electrons. The molecule has 0 aliphatic carbocycles. The predicted octanol–water partition coefficient (Wildman–Crippen LogP) is 11.7. The first-order valence-electron chi connectivity index (χ1n) is 15.8. The van der Waals surface area contributed by atoms with Crippen LogP contribution in [0.2, 0.25) is 0 Å². The van der Waals surface area contributed by atoms with Crippen LogP contribution < -0.4 is 0 Å². The molecule has 0 atom stereocenters. The van der Waals surface area contributed by atoms with E-state index in [0.717, 1.165) is 6.42 Å². The fourth-order valence-corrected chi connectivity index (χ4v) is 5.69. The van der Waals surface area contributed by atoms with Crippen LogP contribution in [0.4, 0.5) is 0 Å². The molecule has 37 heavy (non-hydrogen) atoms. The minimum atomic E-state index is 0.159. The van der Waals surface area contributed by atoms with E-state index in [1.807, 2.05) is 0 Å². The number of hydrogen-bond acceptors (Lipinski definition) is 0. The predicted molar refractivity (Wildman–Crippen MR) is 167 cm³/mol. The first-order chi connectivity index (χ1) is 17.6. The van der Waals surface area contributed by atoms with Gasteiger partial charge in [-0.25, -0.2) is 0 Å². The van der Waals surface area contributed by atoms with Crippen molar-refractivity contribution in [2.45, 2.75) is 163 Å². The van der Waals surface area contributed by atoms with Crippen LogP contribution in [0.15, 0.2) is 36.4 Å². The summed E-state index contributed by atoms with van der Waals surface area (Å²) >= 11 is 0. The largest absolute Gasteiger partial charge is 0.0654 e. The normalized spacial score (nSPS) is 12.3. The maximum Gasteiger partial charge on any atom is -0.00199 e. The van der Waals surface area contributed by atoms with Crippen molar-refractivity contribution < 1.29 is 0 Å². The zero-order valence-corrected chi connectivity index (χ0v) is 26.1. The summed E-state index contributed by atoms with van der Waals surface area (Å²) in [6, 6.07) is 14.8. The maximum absolute atomic E-state index is 2.53. The van der Waals surface area contributed by atoms with Crippen LogP contribution >= 0.6 is 0 Å². The zero-order chi connectivity index (χ0) is 27.3. The number of benzene rings is 2. The van der Waals surface area contributed by atoms with Gasteiger partial charge in [-0.3, -0.25) is 0 Å². The Bertz CT molecular complexity index is 827. The van der Waals surface area contributed by atoms with Crippen LogP contribution in [0.1, 0.15) is 166 Å². The van der Waals surface area contributed by atoms with Crippen molar-refractivity contribution in [2.24, 2.45) is 0 Å². The van der Waals surface area contributed by atoms with E-state index in [4.69, 9.17) is 0 Å². The average Bonchev–Trinajstić information content (AvgIpc) is 2.83. The SMILES string of the molecule is CCCCCCCCc1ccc(Cc2ccc(CCCCCCCC)cc2C(C)(C)C)c(C(C)(C)C)c1. The molecule has 0 aromatic heterocycles. The third-order valence-corrected chi connectivity index (χ3v) is 7.98. The summed E-state index contributed by atoms with van der Waals surface area (Å²) in [5, 5.41) is 0. The molecule has 2 rings (SSSR count). The van der Waals surface area contributed by atoms with E-state index in [2.05, 4.69) is 91.8 Å². The fraction of sp³-hybridized carbons (Fsp3) is 0.676. The Labute approximate surface area is 232 Å². The molecule has 2 aromatic rings. The second-order valence-electron chi connectivity index (χ2n) is 13.7. The summed E-state index contributed by atoms with van der Waals surface area (Å²) in [6.45, 7) is 18.9. The lowest BCUT2D eigenvalue weighted by Crippen LogP contribution is -2.18. The molecule has 0 amide bonds. The van der Waals surface area contributed by atoms with E-state index in [1.165, 1.54) is 123 Å². The van der Waals surface area contributed by atoms with E-state index in [0.29, 0.717) is 0 Å². The standard InChI is InChI=1S/C37H60/c1-9-11-13-15-17-19-21-30-23-25-32(34(27-30)36(3,4)5)29-33-26-24-31(28-35(33)37(6,7)8)22-20-18-16-14-12-10-2/h23-28H,9-22,29H2,1-8H3. The smallest absolute Gasteiger partial charge is 0.00199 e. The number of hydrogen-bond donors (Lipinski definition) is 0. The topological polar surface area (TPSA) is 0 Å². The van der Waals surface area contributed by atoms with Gasteiger partial charge in [0.15, 0.2) is 0 Å². The van der Waals surface area contributed by atoms with Gasteiger partial charge in [-0.2, -0.15) is 0 Å². The molecule has 0 aliphatic rings. The van der Waals surface area contributed by atoms with Gasteiger partial charge in [0.05, 0.1) is 0 Å². The van der Waals surface area contributed by atoms with Crippen molar-refractivity contribution in [3.05, 3.63) is 69.8 Å². The highest BCUT2D eigenvalue weighted by atomic mass is 14.3. The highest BCUT2D eigenvalue weighted by molar-refractivity contribution is 5.44. The highest BCUT2D eigenvalue weighted by Crippen LogP contribution is 2.33. The highest BCUT2D eigenvalue weighted by Gasteiger charge is 2.22. The summed E-state index contributed by atoms with van der Waals surface area (Å²) in [5.74, 6) is 0. The molecule has 208 valence electrons. The third-order valence-electron chi connectivity index (χ3n) is 7.98. The second-order valence-corrected chi connectivity index (χ2v) is 13.7. The van der Waals surface area contributed by atoms with Crippen LogP contribution in [0.5, 0.6) is 0 Å². The third kappa shape index (κ3) is 11.4. The molecule has 0 heterocycles. The van der Waals surface area contributed by atoms with Crippen molar-refractivity contribution in [2.75, 3.05) is 0 Å². The Morgan fingerprint density at radius 3 is 1.16 bits per heavy atom. The molecular formula is C37H60. The van der Waals surface area contributed by atoms with E-state index < -0.39 is 0 Å². The molecule has 0 N–H and O–H groups in total. The molecule has 0 spiro atoms. The molecule has 0 fully saturated rings. The van der Waals surface area contributed by atoms with E-state index in [1.54, 1.807) is 0 Å². The van der Waals surface area contributed by atoms with Gasteiger partial charge in [0.25, 0.3) is 0 Å². The molecule has 0 aliphatic heterocycles. The summed E-state index contributed by atoms with van der Waals surface area (Å²) < 4.78 is 0. The molecule has 0 saturated heterocycles. The molecule has 0 nitrogen and oxygen atoms in total. The number of unbranched alkanes of at least 4 members (excludes halogenated alkanes) is 10. The van der Waals surface area contributed by atoms with Gasteiger partial charge in [-0.15, -0.1) is 0 Å². The average molecular weight is 505 g/mol. The van der Waals surface area contributed by atoms with E-state index in [9.17, 15) is 0 Å². The Morgan fingerprint density at radius 1 is 0.459 bits per heavy atom. The fourth-order valence-electron chi connectivity index (χ4n) is 5.69. The maximum atomic E-state index is 2.53. The van der Waals surface area contributed by atoms with Gasteiger partial charge < -0.3 is 0 Å². The van der Waals surface area contributed by atoms with Crippen LogP contribution in [0, 0.1) is 0 Å². The first kappa shape index (κ1) is 31.7. The van der Waals surface area contributed by atoms with Crippen LogP contribution in [-0.4, -0.2) is 0 Å². The van der Waals surface area contributed by atoms with Gasteiger partial charge >= 0.3 is 0 Å². The number of aryl methyl sites for hydroxylation is 2. The molecular weight excluding hydrogens is 444 g/mol. The lowest BCUT2D eigenvalue weighted by molar-refractivity contribution is 0.574. The summed E-state index contributed by atoms with van der Waals surface area (Å²) in [7, 11) is 0. The van der Waals surface area contributed by atoms with E-state index >= 15 is 0 Å². The summed E-state index contributed by atoms with van der Waals surface area (Å²) in [5.41, 5.74) is 9.45. The Morgan fingerprint density at radius 2 is 0.811 bits per heavy atom. The van der Waals surface area contributed by atoms with Gasteiger partial charge in [0.1, 0.15) is 0 Å². The van der Waals surface area contributed by atoms with Gasteiger partial charge in [0, 0.05) is 0 Å². The lowest BCUT2D eigenvalue weighted by Gasteiger charge is -2.27. The van der Waals surface area contributed by atoms with Gasteiger partial charge in [-0.05, 0) is 76.3 Å². The first-order valence-corrected chi connectivity index (χ1v) is 15.8. The Kier molecular flexibility index (Phi) is 13.5. The second kappa shape index (κ2) is 15.8. The summed E-state index contributed by atoms with van der Waals surface area (Å²) in [4.78, 5) is 0. The Hall–Kier alpha value is -1.56. The van der Waals surface area contributed by atoms with Gasteiger partial charge in [0.2, 0.25) is 0 Å². The van der Waals surface area contributed by atoms with Gasteiger partial charge in [-0.1, -0.05) is 156 Å². The molecule has 0 bridgehead atoms. The van der Waals surface area contributed by atoms with Crippen molar-refractivity contribution in [3.63, 3.8) is 0 Å². The van der Waals surface area contributed by atoms with Crippen molar-refractivity contribution in [1.29, 1.82) is 0 Å². The minimum absolute atomic E-state index is 0.159.